The van der Waals surface area contributed by atoms with Crippen LogP contribution >= 0.6 is 0 Å². The van der Waals surface area contributed by atoms with Crippen LogP contribution in [0.2, 0.25) is 0 Å². The van der Waals surface area contributed by atoms with Crippen molar-refractivity contribution in [1.82, 2.24) is 0 Å². The van der Waals surface area contributed by atoms with Crippen LogP contribution < -0.4 is 19.5 Å². The van der Waals surface area contributed by atoms with E-state index in [1.165, 1.54) is 34.3 Å². The number of aryl methyl sites for hydroxylation is 1. The molecule has 0 radical (unpaired) electrons. The summed E-state index contributed by atoms with van der Waals surface area (Å²) < 4.78 is 21.2. The number of para-hydroxylation sites is 1. The second kappa shape index (κ2) is 10.0. The first kappa shape index (κ1) is 23.1. The third-order valence-electron chi connectivity index (χ3n) is 4.75. The summed E-state index contributed by atoms with van der Waals surface area (Å²) in [6.45, 7) is 7.55. The van der Waals surface area contributed by atoms with Gasteiger partial charge in [0.25, 0.3) is 5.91 Å². The average molecular weight is 415 g/mol. The van der Waals surface area contributed by atoms with Crippen LogP contribution in [0.3, 0.4) is 0 Å². The molecule has 2 aromatic rings. The van der Waals surface area contributed by atoms with Gasteiger partial charge >= 0.3 is 5.97 Å². The normalized spacial score (nSPS) is 11.6. The van der Waals surface area contributed by atoms with Gasteiger partial charge in [-0.1, -0.05) is 32.0 Å². The van der Waals surface area contributed by atoms with E-state index in [0.29, 0.717) is 5.75 Å². The molecule has 2 aromatic carbocycles. The minimum atomic E-state index is -1.02. The molecule has 0 spiro atoms. The van der Waals surface area contributed by atoms with E-state index >= 15 is 0 Å². The van der Waals surface area contributed by atoms with Gasteiger partial charge in [0.05, 0.1) is 21.3 Å². The lowest BCUT2D eigenvalue weighted by Crippen LogP contribution is -2.30. The molecule has 7 heteroatoms. The van der Waals surface area contributed by atoms with Crippen molar-refractivity contribution < 1.29 is 28.5 Å². The van der Waals surface area contributed by atoms with E-state index in [2.05, 4.69) is 19.2 Å². The summed E-state index contributed by atoms with van der Waals surface area (Å²) in [6.07, 6.45) is -1.02. The zero-order valence-corrected chi connectivity index (χ0v) is 18.5. The van der Waals surface area contributed by atoms with Crippen molar-refractivity contribution in [3.63, 3.8) is 0 Å². The third kappa shape index (κ3) is 4.84. The largest absolute Gasteiger partial charge is 0.493 e. The number of esters is 1. The number of amides is 1. The van der Waals surface area contributed by atoms with E-state index in [4.69, 9.17) is 18.9 Å². The van der Waals surface area contributed by atoms with Crippen LogP contribution in [0.5, 0.6) is 17.2 Å². The van der Waals surface area contributed by atoms with E-state index in [1.807, 2.05) is 25.1 Å². The second-order valence-electron chi connectivity index (χ2n) is 7.11. The minimum absolute atomic E-state index is 0.133. The Morgan fingerprint density at radius 1 is 0.900 bits per heavy atom. The Balaban J connectivity index is 2.22. The van der Waals surface area contributed by atoms with Crippen molar-refractivity contribution in [3.05, 3.63) is 47.0 Å². The molecule has 0 heterocycles. The zero-order chi connectivity index (χ0) is 22.4. The predicted molar refractivity (Wildman–Crippen MR) is 115 cm³/mol. The van der Waals surface area contributed by atoms with Crippen LogP contribution in [-0.2, 0) is 9.53 Å². The fourth-order valence-corrected chi connectivity index (χ4v) is 3.11. The number of carbonyl (C=O) groups is 2. The van der Waals surface area contributed by atoms with Gasteiger partial charge in [0.2, 0.25) is 5.75 Å². The summed E-state index contributed by atoms with van der Waals surface area (Å²) in [7, 11) is 4.34. The number of ether oxygens (including phenoxy) is 4. The number of hydrogen-bond acceptors (Lipinski definition) is 6. The van der Waals surface area contributed by atoms with Crippen LogP contribution in [0.1, 0.15) is 48.2 Å². The molecule has 0 saturated carbocycles. The topological polar surface area (TPSA) is 83.1 Å². The van der Waals surface area contributed by atoms with Crippen LogP contribution in [0, 0.1) is 6.92 Å². The Bertz CT molecular complexity index is 922. The number of benzene rings is 2. The van der Waals surface area contributed by atoms with Crippen molar-refractivity contribution in [2.24, 2.45) is 0 Å². The van der Waals surface area contributed by atoms with Crippen molar-refractivity contribution in [2.45, 2.75) is 39.7 Å². The number of anilines is 1. The summed E-state index contributed by atoms with van der Waals surface area (Å²) in [4.78, 5) is 25.4. The van der Waals surface area contributed by atoms with Crippen molar-refractivity contribution >= 4 is 17.6 Å². The monoisotopic (exact) mass is 415 g/mol. The second-order valence-corrected chi connectivity index (χ2v) is 7.11. The van der Waals surface area contributed by atoms with E-state index in [9.17, 15) is 9.59 Å². The maximum atomic E-state index is 12.7. The molecule has 0 aliphatic rings. The molecule has 2 rings (SSSR count). The van der Waals surface area contributed by atoms with Gasteiger partial charge < -0.3 is 24.3 Å². The van der Waals surface area contributed by atoms with Crippen LogP contribution in [0.25, 0.3) is 0 Å². The first-order chi connectivity index (χ1) is 14.2. The van der Waals surface area contributed by atoms with E-state index in [-0.39, 0.29) is 23.0 Å². The lowest BCUT2D eigenvalue weighted by atomic mass is 9.98. The molecular formula is C23H29NO6. The molecule has 0 aromatic heterocycles. The van der Waals surface area contributed by atoms with Crippen molar-refractivity contribution in [2.75, 3.05) is 26.6 Å². The number of hydrogen-bond donors (Lipinski definition) is 1. The Morgan fingerprint density at radius 3 is 2.13 bits per heavy atom. The molecule has 1 N–H and O–H groups in total. The highest BCUT2D eigenvalue weighted by Gasteiger charge is 2.26. The highest BCUT2D eigenvalue weighted by molar-refractivity contribution is 5.99. The smallest absolute Gasteiger partial charge is 0.342 e. The summed E-state index contributed by atoms with van der Waals surface area (Å²) >= 11 is 0. The number of carbonyl (C=O) groups excluding carboxylic acids is 2. The first-order valence-electron chi connectivity index (χ1n) is 9.65. The Morgan fingerprint density at radius 2 is 1.57 bits per heavy atom. The number of nitrogens with one attached hydrogen (secondary N) is 1. The van der Waals surface area contributed by atoms with Crippen LogP contribution in [0.4, 0.5) is 5.69 Å². The van der Waals surface area contributed by atoms with Crippen LogP contribution in [0.15, 0.2) is 30.3 Å². The Labute approximate surface area is 177 Å². The maximum Gasteiger partial charge on any atom is 0.342 e. The summed E-state index contributed by atoms with van der Waals surface area (Å²) in [6, 6.07) is 8.93. The number of rotatable bonds is 8. The standard InChI is InChI=1S/C23H29NO6/c1-13(2)16-10-8-9-14(3)19(16)24-22(25)15(4)30-23(26)17-11-12-18(27-5)21(29-7)20(17)28-6/h8-13,15H,1-7H3,(H,24,25)/t15-/m0/s1. The van der Waals surface area contributed by atoms with E-state index in [1.54, 1.807) is 6.07 Å². The van der Waals surface area contributed by atoms with Gasteiger partial charge in [0.1, 0.15) is 5.56 Å². The first-order valence-corrected chi connectivity index (χ1v) is 9.65. The molecular weight excluding hydrogens is 386 g/mol. The Kier molecular flexibility index (Phi) is 7.69. The highest BCUT2D eigenvalue weighted by Crippen LogP contribution is 2.40. The predicted octanol–water partition coefficient (Wildman–Crippen LogP) is 4.33. The minimum Gasteiger partial charge on any atom is -0.493 e. The highest BCUT2D eigenvalue weighted by atomic mass is 16.6. The summed E-state index contributed by atoms with van der Waals surface area (Å²) in [5.41, 5.74) is 2.83. The average Bonchev–Trinajstić information content (AvgIpc) is 2.73. The van der Waals surface area contributed by atoms with Gasteiger partial charge in [-0.2, -0.15) is 0 Å². The van der Waals surface area contributed by atoms with Gasteiger partial charge in [-0.05, 0) is 43.0 Å². The van der Waals surface area contributed by atoms with E-state index < -0.39 is 18.0 Å². The Hall–Kier alpha value is -3.22. The quantitative estimate of drug-likeness (QED) is 0.646. The molecule has 0 saturated heterocycles. The molecule has 0 aliphatic carbocycles. The molecule has 162 valence electrons. The zero-order valence-electron chi connectivity index (χ0n) is 18.5. The molecule has 0 fully saturated rings. The molecule has 30 heavy (non-hydrogen) atoms. The fourth-order valence-electron chi connectivity index (χ4n) is 3.11. The van der Waals surface area contributed by atoms with Gasteiger partial charge in [-0.15, -0.1) is 0 Å². The van der Waals surface area contributed by atoms with Gasteiger partial charge in [0, 0.05) is 5.69 Å². The molecule has 1 amide bonds. The molecule has 7 nitrogen and oxygen atoms in total. The van der Waals surface area contributed by atoms with Crippen LogP contribution in [-0.4, -0.2) is 39.3 Å². The molecule has 0 bridgehead atoms. The van der Waals surface area contributed by atoms with Gasteiger partial charge in [-0.3, -0.25) is 4.79 Å². The SMILES string of the molecule is COc1ccc(C(=O)O[C@@H](C)C(=O)Nc2c(C)cccc2C(C)C)c(OC)c1OC. The van der Waals surface area contributed by atoms with Crippen molar-refractivity contribution in [3.8, 4) is 17.2 Å². The fraction of sp³-hybridized carbons (Fsp3) is 0.391. The molecule has 0 unspecified atom stereocenters. The lowest BCUT2D eigenvalue weighted by Gasteiger charge is -2.20. The third-order valence-corrected chi connectivity index (χ3v) is 4.75. The van der Waals surface area contributed by atoms with Gasteiger partial charge in [0.15, 0.2) is 17.6 Å². The molecule has 0 aliphatic heterocycles. The molecule has 1 atom stereocenters. The maximum absolute atomic E-state index is 12.7. The van der Waals surface area contributed by atoms with E-state index in [0.717, 1.165) is 16.8 Å². The number of methoxy groups -OCH3 is 3. The van der Waals surface area contributed by atoms with Crippen molar-refractivity contribution in [1.29, 1.82) is 0 Å². The lowest BCUT2D eigenvalue weighted by molar-refractivity contribution is -0.123. The summed E-state index contributed by atoms with van der Waals surface area (Å²) in [5.74, 6) is -0.0293. The summed E-state index contributed by atoms with van der Waals surface area (Å²) in [5, 5.41) is 2.89. The van der Waals surface area contributed by atoms with Gasteiger partial charge in [-0.25, -0.2) is 4.79 Å².